The summed E-state index contributed by atoms with van der Waals surface area (Å²) in [5.74, 6) is -2.43. The van der Waals surface area contributed by atoms with E-state index in [0.29, 0.717) is 24.9 Å². The Morgan fingerprint density at radius 3 is 2.45 bits per heavy atom. The van der Waals surface area contributed by atoms with Gasteiger partial charge in [0.15, 0.2) is 0 Å². The molecule has 4 nitrogen and oxygen atoms in total. The fraction of sp³-hybridized carbons (Fsp3) is 0.786. The van der Waals surface area contributed by atoms with Gasteiger partial charge in [0.05, 0.1) is 17.9 Å². The SMILES string of the molecule is CNc1cnn([C@@H]2CCN(C3CCC(F)(F)CC3)C2)c1.Cl.Cl. The highest BCUT2D eigenvalue weighted by molar-refractivity contribution is 5.85. The van der Waals surface area contributed by atoms with Crippen LogP contribution in [0.2, 0.25) is 0 Å². The average Bonchev–Trinajstić information content (AvgIpc) is 3.07. The number of hydrogen-bond donors (Lipinski definition) is 1. The van der Waals surface area contributed by atoms with Gasteiger partial charge in [0.25, 0.3) is 0 Å². The van der Waals surface area contributed by atoms with Crippen LogP contribution in [0.1, 0.15) is 38.1 Å². The van der Waals surface area contributed by atoms with Gasteiger partial charge in [-0.1, -0.05) is 0 Å². The van der Waals surface area contributed by atoms with Crippen LogP contribution in [0.5, 0.6) is 0 Å². The zero-order valence-electron chi connectivity index (χ0n) is 12.7. The summed E-state index contributed by atoms with van der Waals surface area (Å²) in [4.78, 5) is 2.38. The number of alkyl halides is 2. The average molecular weight is 357 g/mol. The molecule has 0 unspecified atom stereocenters. The van der Waals surface area contributed by atoms with Crippen LogP contribution in [0.25, 0.3) is 0 Å². The van der Waals surface area contributed by atoms with Crippen molar-refractivity contribution in [3.63, 3.8) is 0 Å². The lowest BCUT2D eigenvalue weighted by atomic mass is 9.91. The van der Waals surface area contributed by atoms with Crippen LogP contribution in [0.4, 0.5) is 14.5 Å². The van der Waals surface area contributed by atoms with Gasteiger partial charge < -0.3 is 5.32 Å². The van der Waals surface area contributed by atoms with Crippen LogP contribution in [-0.2, 0) is 0 Å². The summed E-state index contributed by atoms with van der Waals surface area (Å²) in [6.07, 6.45) is 6.24. The summed E-state index contributed by atoms with van der Waals surface area (Å²) in [5.41, 5.74) is 1.01. The molecule has 2 fully saturated rings. The molecule has 2 heterocycles. The van der Waals surface area contributed by atoms with E-state index in [1.165, 1.54) is 0 Å². The highest BCUT2D eigenvalue weighted by atomic mass is 35.5. The van der Waals surface area contributed by atoms with Gasteiger partial charge in [-0.3, -0.25) is 9.58 Å². The first kappa shape index (κ1) is 19.5. The second-order valence-electron chi connectivity index (χ2n) is 5.98. The number of likely N-dealkylation sites (tertiary alicyclic amines) is 1. The van der Waals surface area contributed by atoms with E-state index in [2.05, 4.69) is 15.3 Å². The van der Waals surface area contributed by atoms with Gasteiger partial charge >= 0.3 is 0 Å². The van der Waals surface area contributed by atoms with Gasteiger partial charge in [-0.25, -0.2) is 8.78 Å². The Bertz CT molecular complexity index is 459. The number of halogens is 4. The Morgan fingerprint density at radius 2 is 1.86 bits per heavy atom. The molecule has 1 aliphatic carbocycles. The third-order valence-electron chi connectivity index (χ3n) is 4.66. The van der Waals surface area contributed by atoms with Crippen LogP contribution in [-0.4, -0.2) is 46.8 Å². The number of hydrogen-bond acceptors (Lipinski definition) is 3. The molecule has 1 aromatic heterocycles. The molecule has 0 spiro atoms. The maximum atomic E-state index is 13.2. The Morgan fingerprint density at radius 1 is 1.18 bits per heavy atom. The smallest absolute Gasteiger partial charge is 0.248 e. The lowest BCUT2D eigenvalue weighted by Crippen LogP contribution is -2.39. The minimum absolute atomic E-state index is 0. The van der Waals surface area contributed by atoms with Gasteiger partial charge in [-0.2, -0.15) is 5.10 Å². The number of rotatable bonds is 3. The van der Waals surface area contributed by atoms with E-state index in [-0.39, 0.29) is 37.7 Å². The van der Waals surface area contributed by atoms with Crippen molar-refractivity contribution < 1.29 is 8.78 Å². The molecule has 0 radical (unpaired) electrons. The molecule has 8 heteroatoms. The van der Waals surface area contributed by atoms with Crippen molar-refractivity contribution in [1.82, 2.24) is 14.7 Å². The topological polar surface area (TPSA) is 33.1 Å². The van der Waals surface area contributed by atoms with Crippen LogP contribution < -0.4 is 5.32 Å². The van der Waals surface area contributed by atoms with E-state index in [4.69, 9.17) is 0 Å². The van der Waals surface area contributed by atoms with Crippen LogP contribution in [0.15, 0.2) is 12.4 Å². The molecular formula is C14H24Cl2F2N4. The maximum Gasteiger partial charge on any atom is 0.248 e. The number of nitrogens with one attached hydrogen (secondary N) is 1. The predicted octanol–water partition coefficient (Wildman–Crippen LogP) is 3.59. The van der Waals surface area contributed by atoms with E-state index in [9.17, 15) is 8.78 Å². The molecule has 3 rings (SSSR count). The second kappa shape index (κ2) is 7.79. The normalized spacial score (nSPS) is 25.3. The molecule has 1 saturated heterocycles. The van der Waals surface area contributed by atoms with E-state index in [1.54, 1.807) is 0 Å². The minimum atomic E-state index is -2.43. The highest BCUT2D eigenvalue weighted by Crippen LogP contribution is 2.37. The Labute approximate surface area is 142 Å². The first-order valence-corrected chi connectivity index (χ1v) is 7.41. The number of aromatic nitrogens is 2. The first-order chi connectivity index (χ1) is 9.57. The molecule has 0 amide bonds. The number of nitrogens with zero attached hydrogens (tertiary/aromatic N) is 3. The van der Waals surface area contributed by atoms with E-state index < -0.39 is 5.92 Å². The zero-order valence-corrected chi connectivity index (χ0v) is 14.3. The summed E-state index contributed by atoms with van der Waals surface area (Å²) in [7, 11) is 1.88. The Balaban J connectivity index is 0.00000121. The lowest BCUT2D eigenvalue weighted by molar-refractivity contribution is -0.0518. The highest BCUT2D eigenvalue weighted by Gasteiger charge is 2.38. The van der Waals surface area contributed by atoms with Crippen molar-refractivity contribution in [3.05, 3.63) is 12.4 Å². The fourth-order valence-corrected chi connectivity index (χ4v) is 3.37. The zero-order chi connectivity index (χ0) is 14.2. The van der Waals surface area contributed by atoms with E-state index >= 15 is 0 Å². The van der Waals surface area contributed by atoms with Crippen molar-refractivity contribution in [2.75, 3.05) is 25.5 Å². The first-order valence-electron chi connectivity index (χ1n) is 7.41. The lowest BCUT2D eigenvalue weighted by Gasteiger charge is -2.34. The van der Waals surface area contributed by atoms with Crippen molar-refractivity contribution in [1.29, 1.82) is 0 Å². The molecule has 1 aliphatic heterocycles. The van der Waals surface area contributed by atoms with Crippen LogP contribution in [0, 0.1) is 0 Å². The van der Waals surface area contributed by atoms with Gasteiger partial charge in [0.2, 0.25) is 5.92 Å². The summed E-state index contributed by atoms with van der Waals surface area (Å²) in [6, 6.07) is 0.707. The molecule has 0 bridgehead atoms. The van der Waals surface area contributed by atoms with E-state index in [1.807, 2.05) is 24.1 Å². The molecule has 0 aromatic carbocycles. The quantitative estimate of drug-likeness (QED) is 0.898. The van der Waals surface area contributed by atoms with Gasteiger partial charge in [0, 0.05) is 45.2 Å². The standard InChI is InChI=1S/C14H22F2N4.2ClH/c1-17-11-8-18-20(9-11)13-4-7-19(10-13)12-2-5-14(15,16)6-3-12;;/h8-9,12-13,17H,2-7,10H2,1H3;2*1H/t13-;;/m1../s1. The molecule has 128 valence electrons. The summed E-state index contributed by atoms with van der Waals surface area (Å²) in [5, 5.41) is 7.45. The molecule has 1 N–H and O–H groups in total. The monoisotopic (exact) mass is 356 g/mol. The second-order valence-corrected chi connectivity index (χ2v) is 5.98. The van der Waals surface area contributed by atoms with Crippen molar-refractivity contribution in [2.45, 2.75) is 50.1 Å². The molecular weight excluding hydrogens is 333 g/mol. The van der Waals surface area contributed by atoms with Crippen molar-refractivity contribution in [3.8, 4) is 0 Å². The summed E-state index contributed by atoms with van der Waals surface area (Å²) in [6.45, 7) is 1.93. The minimum Gasteiger partial charge on any atom is -0.386 e. The van der Waals surface area contributed by atoms with E-state index in [0.717, 1.165) is 25.2 Å². The summed E-state index contributed by atoms with van der Waals surface area (Å²) < 4.78 is 28.4. The third-order valence-corrected chi connectivity index (χ3v) is 4.66. The third kappa shape index (κ3) is 4.24. The Kier molecular flexibility index (Phi) is 6.89. The predicted molar refractivity (Wildman–Crippen MR) is 88.7 cm³/mol. The number of anilines is 1. The molecule has 22 heavy (non-hydrogen) atoms. The molecule has 2 aliphatic rings. The molecule has 1 atom stereocenters. The largest absolute Gasteiger partial charge is 0.386 e. The van der Waals surface area contributed by atoms with Gasteiger partial charge in [-0.15, -0.1) is 24.8 Å². The van der Waals surface area contributed by atoms with Crippen LogP contribution >= 0.6 is 24.8 Å². The van der Waals surface area contributed by atoms with Crippen LogP contribution in [0.3, 0.4) is 0 Å². The maximum absolute atomic E-state index is 13.2. The fourth-order valence-electron chi connectivity index (χ4n) is 3.37. The van der Waals surface area contributed by atoms with Gasteiger partial charge in [0.1, 0.15) is 0 Å². The molecule has 1 aromatic rings. The van der Waals surface area contributed by atoms with Crippen molar-refractivity contribution >= 4 is 30.5 Å². The Hall–Kier alpha value is -0.590. The summed E-state index contributed by atoms with van der Waals surface area (Å²) >= 11 is 0. The van der Waals surface area contributed by atoms with Crippen molar-refractivity contribution in [2.24, 2.45) is 0 Å². The molecule has 1 saturated carbocycles. The van der Waals surface area contributed by atoms with Gasteiger partial charge in [-0.05, 0) is 19.3 Å².